The first-order chi connectivity index (χ1) is 7.24. The molecule has 4 heteroatoms. The zero-order chi connectivity index (χ0) is 11.1. The summed E-state index contributed by atoms with van der Waals surface area (Å²) in [5.74, 6) is 0.294. The van der Waals surface area contributed by atoms with E-state index in [-0.39, 0.29) is 5.97 Å². The van der Waals surface area contributed by atoms with Gasteiger partial charge in [0, 0.05) is 31.5 Å². The Morgan fingerprint density at radius 2 is 2.20 bits per heavy atom. The fraction of sp³-hybridized carbons (Fsp3) is 0.727. The maximum Gasteiger partial charge on any atom is 0.331 e. The third-order valence-electron chi connectivity index (χ3n) is 2.75. The average molecular weight is 213 g/mol. The van der Waals surface area contributed by atoms with Crippen LogP contribution in [0.4, 0.5) is 0 Å². The molecule has 0 spiro atoms. The lowest BCUT2D eigenvalue weighted by atomic mass is 9.93. The second-order valence-electron chi connectivity index (χ2n) is 3.76. The second-order valence-corrected chi connectivity index (χ2v) is 3.76. The molecule has 1 aliphatic rings. The number of carbonyl (C=O) groups is 1. The van der Waals surface area contributed by atoms with Crippen LogP contribution in [0.25, 0.3) is 0 Å². The molecule has 0 saturated carbocycles. The van der Waals surface area contributed by atoms with Crippen LogP contribution in [0.3, 0.4) is 0 Å². The highest BCUT2D eigenvalue weighted by molar-refractivity contribution is 5.81. The van der Waals surface area contributed by atoms with Crippen molar-refractivity contribution in [2.45, 2.75) is 25.8 Å². The minimum absolute atomic E-state index is 0.332. The Kier molecular flexibility index (Phi) is 5.18. The molecule has 15 heavy (non-hydrogen) atoms. The van der Waals surface area contributed by atoms with Crippen LogP contribution in [0.5, 0.6) is 0 Å². The monoisotopic (exact) mass is 213 g/mol. The van der Waals surface area contributed by atoms with Gasteiger partial charge in [-0.2, -0.15) is 0 Å². The molecule has 86 valence electrons. The van der Waals surface area contributed by atoms with Gasteiger partial charge in [0.05, 0.1) is 7.11 Å². The number of nitrogens with one attached hydrogen (secondary N) is 1. The third-order valence-corrected chi connectivity index (χ3v) is 2.75. The van der Waals surface area contributed by atoms with Gasteiger partial charge in [-0.25, -0.2) is 4.79 Å². The minimum atomic E-state index is -0.332. The van der Waals surface area contributed by atoms with Crippen LogP contribution in [0, 0.1) is 5.92 Å². The van der Waals surface area contributed by atoms with Crippen LogP contribution in [0.2, 0.25) is 0 Å². The van der Waals surface area contributed by atoms with Crippen LogP contribution in [0.1, 0.15) is 19.8 Å². The molecule has 1 atom stereocenters. The molecule has 0 aliphatic carbocycles. The Bertz CT molecular complexity index is 222. The van der Waals surface area contributed by atoms with Crippen molar-refractivity contribution in [3.63, 3.8) is 0 Å². The number of methoxy groups -OCH3 is 1. The van der Waals surface area contributed by atoms with Gasteiger partial charge in [0.2, 0.25) is 0 Å². The number of hydrogen-bond acceptors (Lipinski definition) is 4. The molecule has 0 bridgehead atoms. The number of carbonyl (C=O) groups excluding carboxylic acids is 1. The summed E-state index contributed by atoms with van der Waals surface area (Å²) < 4.78 is 9.78. The van der Waals surface area contributed by atoms with Crippen molar-refractivity contribution < 1.29 is 14.3 Å². The maximum atomic E-state index is 10.8. The van der Waals surface area contributed by atoms with Crippen LogP contribution >= 0.6 is 0 Å². The van der Waals surface area contributed by atoms with Gasteiger partial charge in [0.1, 0.15) is 0 Å². The molecule has 4 nitrogen and oxygen atoms in total. The first-order valence-corrected chi connectivity index (χ1v) is 5.32. The lowest BCUT2D eigenvalue weighted by Crippen LogP contribution is -2.33. The summed E-state index contributed by atoms with van der Waals surface area (Å²) >= 11 is 0. The summed E-state index contributed by atoms with van der Waals surface area (Å²) in [6.45, 7) is 3.81. The number of rotatable bonds is 4. The molecule has 0 aromatic carbocycles. The van der Waals surface area contributed by atoms with Gasteiger partial charge < -0.3 is 14.8 Å². The molecule has 1 heterocycles. The van der Waals surface area contributed by atoms with Crippen LogP contribution in [0.15, 0.2) is 12.3 Å². The predicted octanol–water partition coefficient (Wildman–Crippen LogP) is 1.08. The van der Waals surface area contributed by atoms with Crippen molar-refractivity contribution in [2.24, 2.45) is 5.92 Å². The van der Waals surface area contributed by atoms with Crippen molar-refractivity contribution in [1.29, 1.82) is 0 Å². The zero-order valence-corrected chi connectivity index (χ0v) is 9.36. The highest BCUT2D eigenvalue weighted by Crippen LogP contribution is 2.18. The van der Waals surface area contributed by atoms with E-state index in [0.717, 1.165) is 26.1 Å². The van der Waals surface area contributed by atoms with E-state index >= 15 is 0 Å². The van der Waals surface area contributed by atoms with Gasteiger partial charge in [0.15, 0.2) is 0 Å². The quantitative estimate of drug-likeness (QED) is 0.560. The highest BCUT2D eigenvalue weighted by atomic mass is 16.5. The fourth-order valence-corrected chi connectivity index (χ4v) is 1.69. The summed E-state index contributed by atoms with van der Waals surface area (Å²) in [4.78, 5) is 10.8. The zero-order valence-electron chi connectivity index (χ0n) is 9.36. The Morgan fingerprint density at radius 3 is 2.80 bits per heavy atom. The molecule has 1 rings (SSSR count). The van der Waals surface area contributed by atoms with Crippen LogP contribution in [-0.4, -0.2) is 32.3 Å². The smallest absolute Gasteiger partial charge is 0.331 e. The summed E-state index contributed by atoms with van der Waals surface area (Å²) in [6.07, 6.45) is 5.22. The van der Waals surface area contributed by atoms with E-state index in [4.69, 9.17) is 4.74 Å². The molecule has 0 amide bonds. The van der Waals surface area contributed by atoms with Gasteiger partial charge in [-0.05, 0) is 25.7 Å². The minimum Gasteiger partial charge on any atom is -0.466 e. The Morgan fingerprint density at radius 1 is 1.53 bits per heavy atom. The number of ether oxygens (including phenoxy) is 2. The van der Waals surface area contributed by atoms with Gasteiger partial charge in [-0.3, -0.25) is 0 Å². The summed E-state index contributed by atoms with van der Waals surface area (Å²) in [6, 6.07) is 0.370. The van der Waals surface area contributed by atoms with Gasteiger partial charge in [-0.15, -0.1) is 0 Å². The predicted molar refractivity (Wildman–Crippen MR) is 57.3 cm³/mol. The van der Waals surface area contributed by atoms with Crippen molar-refractivity contribution in [1.82, 2.24) is 5.32 Å². The molecule has 1 N–H and O–H groups in total. The molecular formula is C11H19NO3. The van der Waals surface area contributed by atoms with Crippen molar-refractivity contribution in [3.05, 3.63) is 12.3 Å². The molecule has 0 aromatic rings. The van der Waals surface area contributed by atoms with E-state index in [0.29, 0.717) is 12.0 Å². The SMILES string of the molecule is COC(=O)/C=C/NC(C)C1CCOCC1. The molecule has 1 fully saturated rings. The standard InChI is InChI=1S/C11H19NO3/c1-9(10-4-7-15-8-5-10)12-6-3-11(13)14-2/h3,6,9-10,12H,4-5,7-8H2,1-2H3/b6-3+. The van der Waals surface area contributed by atoms with Gasteiger partial charge in [-0.1, -0.05) is 0 Å². The first-order valence-electron chi connectivity index (χ1n) is 5.32. The lowest BCUT2D eigenvalue weighted by Gasteiger charge is -2.27. The molecule has 0 aromatic heterocycles. The van der Waals surface area contributed by atoms with E-state index in [1.807, 2.05) is 0 Å². The van der Waals surface area contributed by atoms with Gasteiger partial charge in [0.25, 0.3) is 0 Å². The third kappa shape index (κ3) is 4.34. The van der Waals surface area contributed by atoms with E-state index in [1.165, 1.54) is 13.2 Å². The summed E-state index contributed by atoms with van der Waals surface area (Å²) in [7, 11) is 1.37. The van der Waals surface area contributed by atoms with Crippen molar-refractivity contribution >= 4 is 5.97 Å². The maximum absolute atomic E-state index is 10.8. The van der Waals surface area contributed by atoms with Gasteiger partial charge >= 0.3 is 5.97 Å². The Balaban J connectivity index is 2.25. The largest absolute Gasteiger partial charge is 0.466 e. The lowest BCUT2D eigenvalue weighted by molar-refractivity contribution is -0.134. The van der Waals surface area contributed by atoms with E-state index < -0.39 is 0 Å². The number of hydrogen-bond donors (Lipinski definition) is 1. The van der Waals surface area contributed by atoms with Crippen molar-refractivity contribution in [3.8, 4) is 0 Å². The fourth-order valence-electron chi connectivity index (χ4n) is 1.69. The molecule has 0 radical (unpaired) electrons. The number of esters is 1. The molecule has 1 aliphatic heterocycles. The average Bonchev–Trinajstić information content (AvgIpc) is 2.29. The van der Waals surface area contributed by atoms with E-state index in [2.05, 4.69) is 17.0 Å². The topological polar surface area (TPSA) is 47.6 Å². The molecular weight excluding hydrogens is 194 g/mol. The van der Waals surface area contributed by atoms with Crippen molar-refractivity contribution in [2.75, 3.05) is 20.3 Å². The highest BCUT2D eigenvalue weighted by Gasteiger charge is 2.19. The molecule has 1 saturated heterocycles. The van der Waals surface area contributed by atoms with E-state index in [9.17, 15) is 4.79 Å². The Labute approximate surface area is 90.6 Å². The normalized spacial score (nSPS) is 20.1. The van der Waals surface area contributed by atoms with Crippen LogP contribution < -0.4 is 5.32 Å². The van der Waals surface area contributed by atoms with E-state index in [1.54, 1.807) is 6.20 Å². The summed E-state index contributed by atoms with van der Waals surface area (Å²) in [5.41, 5.74) is 0. The van der Waals surface area contributed by atoms with Crippen LogP contribution in [-0.2, 0) is 14.3 Å². The Hall–Kier alpha value is -1.03. The molecule has 1 unspecified atom stereocenters. The summed E-state index contributed by atoms with van der Waals surface area (Å²) in [5, 5.41) is 3.18. The first kappa shape index (κ1) is 12.0. The second kappa shape index (κ2) is 6.45.